The molecule has 3 aromatic rings. The van der Waals surface area contributed by atoms with Gasteiger partial charge < -0.3 is 14.8 Å². The fraction of sp³-hybridized carbons (Fsp3) is 0.136. The Balaban J connectivity index is 1.77. The van der Waals surface area contributed by atoms with Crippen molar-refractivity contribution in [3.63, 3.8) is 0 Å². The second kappa shape index (κ2) is 8.60. The van der Waals surface area contributed by atoms with Crippen molar-refractivity contribution in [3.8, 4) is 11.5 Å². The molecule has 4 nitrogen and oxygen atoms in total. The lowest BCUT2D eigenvalue weighted by atomic mass is 10.1. The maximum atomic E-state index is 12.6. The quantitative estimate of drug-likeness (QED) is 0.614. The SMILES string of the molecule is COc1ccc(C(=O)Nc2ccccc2C)cc1COc1ccc(Cl)cc1. The van der Waals surface area contributed by atoms with Crippen LogP contribution in [0.5, 0.6) is 11.5 Å². The van der Waals surface area contributed by atoms with E-state index in [0.717, 1.165) is 16.8 Å². The van der Waals surface area contributed by atoms with E-state index in [1.807, 2.05) is 31.2 Å². The van der Waals surface area contributed by atoms with Crippen LogP contribution in [-0.4, -0.2) is 13.0 Å². The van der Waals surface area contributed by atoms with Gasteiger partial charge in [0.15, 0.2) is 0 Å². The molecule has 0 unspecified atom stereocenters. The smallest absolute Gasteiger partial charge is 0.255 e. The molecule has 0 atom stereocenters. The first-order chi connectivity index (χ1) is 13.1. The van der Waals surface area contributed by atoms with Crippen LogP contribution in [0.15, 0.2) is 66.7 Å². The normalized spacial score (nSPS) is 10.3. The summed E-state index contributed by atoms with van der Waals surface area (Å²) in [6, 6.07) is 20.1. The maximum absolute atomic E-state index is 12.6. The minimum absolute atomic E-state index is 0.181. The van der Waals surface area contributed by atoms with Gasteiger partial charge in [-0.1, -0.05) is 29.8 Å². The fourth-order valence-electron chi connectivity index (χ4n) is 2.63. The van der Waals surface area contributed by atoms with E-state index < -0.39 is 0 Å². The summed E-state index contributed by atoms with van der Waals surface area (Å²) in [6.45, 7) is 2.23. The summed E-state index contributed by atoms with van der Waals surface area (Å²) >= 11 is 5.89. The summed E-state index contributed by atoms with van der Waals surface area (Å²) in [6.07, 6.45) is 0. The summed E-state index contributed by atoms with van der Waals surface area (Å²) < 4.78 is 11.2. The number of amides is 1. The molecule has 0 radical (unpaired) electrons. The van der Waals surface area contributed by atoms with Crippen molar-refractivity contribution in [2.45, 2.75) is 13.5 Å². The van der Waals surface area contributed by atoms with Gasteiger partial charge in [0.05, 0.1) is 7.11 Å². The molecule has 5 heteroatoms. The van der Waals surface area contributed by atoms with Crippen LogP contribution in [0.2, 0.25) is 5.02 Å². The van der Waals surface area contributed by atoms with Gasteiger partial charge in [-0.2, -0.15) is 0 Å². The van der Waals surface area contributed by atoms with E-state index in [0.29, 0.717) is 22.1 Å². The predicted molar refractivity (Wildman–Crippen MR) is 108 cm³/mol. The topological polar surface area (TPSA) is 47.6 Å². The zero-order valence-electron chi connectivity index (χ0n) is 15.2. The van der Waals surface area contributed by atoms with Gasteiger partial charge in [-0.05, 0) is 61.0 Å². The van der Waals surface area contributed by atoms with Crippen molar-refractivity contribution in [1.29, 1.82) is 0 Å². The van der Waals surface area contributed by atoms with Gasteiger partial charge in [0.2, 0.25) is 0 Å². The number of carbonyl (C=O) groups is 1. The molecule has 0 aliphatic carbocycles. The monoisotopic (exact) mass is 381 g/mol. The van der Waals surface area contributed by atoms with Crippen LogP contribution < -0.4 is 14.8 Å². The summed E-state index contributed by atoms with van der Waals surface area (Å²) in [5.74, 6) is 1.17. The number of benzene rings is 3. The summed E-state index contributed by atoms with van der Waals surface area (Å²) in [5, 5.41) is 3.58. The Morgan fingerprint density at radius 3 is 2.48 bits per heavy atom. The van der Waals surface area contributed by atoms with E-state index in [1.165, 1.54) is 0 Å². The van der Waals surface area contributed by atoms with Gasteiger partial charge in [-0.3, -0.25) is 4.79 Å². The first kappa shape index (κ1) is 18.8. The molecule has 138 valence electrons. The van der Waals surface area contributed by atoms with Crippen molar-refractivity contribution < 1.29 is 14.3 Å². The molecule has 0 aliphatic heterocycles. The Hall–Kier alpha value is -2.98. The average molecular weight is 382 g/mol. The second-order valence-electron chi connectivity index (χ2n) is 6.04. The molecule has 0 spiro atoms. The number of para-hydroxylation sites is 1. The highest BCUT2D eigenvalue weighted by Gasteiger charge is 2.12. The number of carbonyl (C=O) groups excluding carboxylic acids is 1. The minimum atomic E-state index is -0.181. The van der Waals surface area contributed by atoms with E-state index in [2.05, 4.69) is 5.32 Å². The number of rotatable bonds is 6. The molecule has 0 heterocycles. The van der Waals surface area contributed by atoms with Crippen LogP contribution >= 0.6 is 11.6 Å². The Bertz CT molecular complexity index is 939. The maximum Gasteiger partial charge on any atom is 0.255 e. The molecular weight excluding hydrogens is 362 g/mol. The lowest BCUT2D eigenvalue weighted by molar-refractivity contribution is 0.102. The van der Waals surface area contributed by atoms with E-state index in [1.54, 1.807) is 49.6 Å². The number of hydrogen-bond acceptors (Lipinski definition) is 3. The van der Waals surface area contributed by atoms with Crippen LogP contribution in [0.25, 0.3) is 0 Å². The molecule has 1 amide bonds. The van der Waals surface area contributed by atoms with E-state index >= 15 is 0 Å². The van der Waals surface area contributed by atoms with Crippen LogP contribution in [0.3, 0.4) is 0 Å². The predicted octanol–water partition coefficient (Wildman–Crippen LogP) is 5.49. The number of methoxy groups -OCH3 is 1. The van der Waals surface area contributed by atoms with E-state index in [-0.39, 0.29) is 12.5 Å². The molecule has 0 bridgehead atoms. The Morgan fingerprint density at radius 2 is 1.78 bits per heavy atom. The molecule has 3 rings (SSSR count). The van der Waals surface area contributed by atoms with Crippen LogP contribution in [-0.2, 0) is 6.61 Å². The Morgan fingerprint density at radius 1 is 1.04 bits per heavy atom. The van der Waals surface area contributed by atoms with Gasteiger partial charge in [0, 0.05) is 21.8 Å². The molecule has 0 fully saturated rings. The number of hydrogen-bond donors (Lipinski definition) is 1. The van der Waals surface area contributed by atoms with Crippen molar-refractivity contribution in [2.24, 2.45) is 0 Å². The van der Waals surface area contributed by atoms with Crippen molar-refractivity contribution in [1.82, 2.24) is 0 Å². The standard InChI is InChI=1S/C22H20ClNO3/c1-15-5-3-4-6-20(15)24-22(25)16-7-12-21(26-2)17(13-16)14-27-19-10-8-18(23)9-11-19/h3-13H,14H2,1-2H3,(H,24,25). The Labute approximate surface area is 163 Å². The fourth-order valence-corrected chi connectivity index (χ4v) is 2.76. The molecule has 3 aromatic carbocycles. The summed E-state index contributed by atoms with van der Waals surface area (Å²) in [4.78, 5) is 12.6. The highest BCUT2D eigenvalue weighted by Crippen LogP contribution is 2.24. The third-order valence-electron chi connectivity index (χ3n) is 4.14. The first-order valence-electron chi connectivity index (χ1n) is 8.49. The first-order valence-corrected chi connectivity index (χ1v) is 8.87. The van der Waals surface area contributed by atoms with Crippen LogP contribution in [0, 0.1) is 6.92 Å². The highest BCUT2D eigenvalue weighted by molar-refractivity contribution is 6.30. The van der Waals surface area contributed by atoms with E-state index in [4.69, 9.17) is 21.1 Å². The van der Waals surface area contributed by atoms with Crippen molar-refractivity contribution >= 4 is 23.2 Å². The third kappa shape index (κ3) is 4.80. The summed E-state index contributed by atoms with van der Waals surface area (Å²) in [7, 11) is 1.59. The van der Waals surface area contributed by atoms with Crippen LogP contribution in [0.1, 0.15) is 21.5 Å². The van der Waals surface area contributed by atoms with Gasteiger partial charge >= 0.3 is 0 Å². The number of aryl methyl sites for hydroxylation is 1. The van der Waals surface area contributed by atoms with Crippen molar-refractivity contribution in [3.05, 3.63) is 88.4 Å². The number of nitrogens with one attached hydrogen (secondary N) is 1. The molecule has 0 saturated heterocycles. The van der Waals surface area contributed by atoms with Gasteiger partial charge in [-0.25, -0.2) is 0 Å². The zero-order chi connectivity index (χ0) is 19.2. The van der Waals surface area contributed by atoms with E-state index in [9.17, 15) is 4.79 Å². The molecule has 0 aliphatic rings. The molecule has 27 heavy (non-hydrogen) atoms. The second-order valence-corrected chi connectivity index (χ2v) is 6.47. The van der Waals surface area contributed by atoms with Gasteiger partial charge in [0.25, 0.3) is 5.91 Å². The lowest BCUT2D eigenvalue weighted by Crippen LogP contribution is -2.13. The van der Waals surface area contributed by atoms with Crippen molar-refractivity contribution in [2.75, 3.05) is 12.4 Å². The average Bonchev–Trinajstić information content (AvgIpc) is 2.69. The molecule has 1 N–H and O–H groups in total. The Kier molecular flexibility index (Phi) is 5.99. The highest BCUT2D eigenvalue weighted by atomic mass is 35.5. The summed E-state index contributed by atoms with van der Waals surface area (Å²) in [5.41, 5.74) is 3.11. The lowest BCUT2D eigenvalue weighted by Gasteiger charge is -2.13. The van der Waals surface area contributed by atoms with Gasteiger partial charge in [-0.15, -0.1) is 0 Å². The molecular formula is C22H20ClNO3. The number of anilines is 1. The third-order valence-corrected chi connectivity index (χ3v) is 4.40. The number of ether oxygens (including phenoxy) is 2. The van der Waals surface area contributed by atoms with Crippen LogP contribution in [0.4, 0.5) is 5.69 Å². The minimum Gasteiger partial charge on any atom is -0.496 e. The largest absolute Gasteiger partial charge is 0.496 e. The molecule has 0 aromatic heterocycles. The molecule has 0 saturated carbocycles. The zero-order valence-corrected chi connectivity index (χ0v) is 15.9. The van der Waals surface area contributed by atoms with Gasteiger partial charge in [0.1, 0.15) is 18.1 Å². The number of halogens is 1.